The van der Waals surface area contributed by atoms with Crippen LogP contribution < -0.4 is 11.1 Å². The highest BCUT2D eigenvalue weighted by atomic mass is 16.2. The number of hydrogen-bond acceptors (Lipinski definition) is 2. The molecule has 1 aromatic carbocycles. The van der Waals surface area contributed by atoms with Gasteiger partial charge in [0, 0.05) is 6.54 Å². The Morgan fingerprint density at radius 1 is 1.39 bits per heavy atom. The summed E-state index contributed by atoms with van der Waals surface area (Å²) in [6.07, 6.45) is 0.746. The van der Waals surface area contributed by atoms with Crippen LogP contribution in [0.5, 0.6) is 0 Å². The van der Waals surface area contributed by atoms with Crippen LogP contribution in [0.1, 0.15) is 44.4 Å². The number of nitrogens with one attached hydrogen (secondary N) is 1. The summed E-state index contributed by atoms with van der Waals surface area (Å²) in [4.78, 5) is 12.2. The monoisotopic (exact) mass is 248 g/mol. The van der Waals surface area contributed by atoms with Gasteiger partial charge in [0.2, 0.25) is 5.91 Å². The predicted octanol–water partition coefficient (Wildman–Crippen LogP) is 2.55. The molecule has 0 fully saturated rings. The Kier molecular flexibility index (Phi) is 4.91. The van der Waals surface area contributed by atoms with Gasteiger partial charge in [-0.3, -0.25) is 4.79 Å². The molecule has 3 heteroatoms. The zero-order valence-electron chi connectivity index (χ0n) is 11.8. The van der Waals surface area contributed by atoms with Gasteiger partial charge >= 0.3 is 0 Å². The van der Waals surface area contributed by atoms with Gasteiger partial charge in [0.25, 0.3) is 0 Å². The van der Waals surface area contributed by atoms with Crippen molar-refractivity contribution in [3.8, 4) is 0 Å². The van der Waals surface area contributed by atoms with E-state index in [0.717, 1.165) is 12.0 Å². The number of hydrogen-bond donors (Lipinski definition) is 2. The van der Waals surface area contributed by atoms with Crippen LogP contribution in [0, 0.1) is 12.3 Å². The Balaban J connectivity index is 2.73. The lowest BCUT2D eigenvalue weighted by molar-refractivity contribution is -0.130. The maximum atomic E-state index is 12.2. The highest BCUT2D eigenvalue weighted by molar-refractivity contribution is 5.82. The lowest BCUT2D eigenvalue weighted by atomic mass is 9.86. The first-order valence-electron chi connectivity index (χ1n) is 6.50. The van der Waals surface area contributed by atoms with E-state index in [0.29, 0.717) is 6.54 Å². The van der Waals surface area contributed by atoms with Crippen LogP contribution in [0.25, 0.3) is 0 Å². The van der Waals surface area contributed by atoms with Gasteiger partial charge in [0.05, 0.1) is 11.5 Å². The molecule has 1 unspecified atom stereocenters. The van der Waals surface area contributed by atoms with Crippen molar-refractivity contribution in [3.63, 3.8) is 0 Å². The molecule has 0 spiro atoms. The summed E-state index contributed by atoms with van der Waals surface area (Å²) < 4.78 is 0. The third-order valence-corrected chi connectivity index (χ3v) is 3.70. The van der Waals surface area contributed by atoms with Crippen LogP contribution >= 0.6 is 0 Å². The maximum absolute atomic E-state index is 12.2. The summed E-state index contributed by atoms with van der Waals surface area (Å²) >= 11 is 0. The third-order valence-electron chi connectivity index (χ3n) is 3.70. The molecule has 100 valence electrons. The quantitative estimate of drug-likeness (QED) is 0.841. The number of carbonyl (C=O) groups is 1. The number of carbonyl (C=O) groups excluding carboxylic acids is 1. The highest BCUT2D eigenvalue weighted by Crippen LogP contribution is 2.22. The van der Waals surface area contributed by atoms with Crippen molar-refractivity contribution in [2.24, 2.45) is 11.1 Å². The van der Waals surface area contributed by atoms with Gasteiger partial charge in [-0.15, -0.1) is 0 Å². The van der Waals surface area contributed by atoms with Crippen LogP contribution in [-0.4, -0.2) is 12.5 Å². The summed E-state index contributed by atoms with van der Waals surface area (Å²) in [7, 11) is 0. The van der Waals surface area contributed by atoms with Crippen LogP contribution in [0.15, 0.2) is 24.3 Å². The number of benzene rings is 1. The fraction of sp³-hybridized carbons (Fsp3) is 0.533. The van der Waals surface area contributed by atoms with Crippen molar-refractivity contribution in [2.75, 3.05) is 6.54 Å². The molecular weight excluding hydrogens is 224 g/mol. The van der Waals surface area contributed by atoms with Gasteiger partial charge in [-0.2, -0.15) is 0 Å². The van der Waals surface area contributed by atoms with Gasteiger partial charge in [-0.05, 0) is 32.8 Å². The number of nitrogens with two attached hydrogens (primary N) is 1. The minimum atomic E-state index is -0.473. The molecule has 1 amide bonds. The van der Waals surface area contributed by atoms with E-state index in [1.54, 1.807) is 0 Å². The zero-order chi connectivity index (χ0) is 13.8. The molecule has 1 rings (SSSR count). The number of aryl methyl sites for hydroxylation is 1. The van der Waals surface area contributed by atoms with E-state index in [1.165, 1.54) is 5.56 Å². The highest BCUT2D eigenvalue weighted by Gasteiger charge is 2.30. The fourth-order valence-corrected chi connectivity index (χ4v) is 1.71. The van der Waals surface area contributed by atoms with Crippen LogP contribution in [0.4, 0.5) is 0 Å². The molecular formula is C15H24N2O. The maximum Gasteiger partial charge on any atom is 0.227 e. The lowest BCUT2D eigenvalue weighted by Gasteiger charge is -2.27. The van der Waals surface area contributed by atoms with Gasteiger partial charge in [0.15, 0.2) is 0 Å². The third kappa shape index (κ3) is 3.33. The minimum Gasteiger partial charge on any atom is -0.349 e. The zero-order valence-corrected chi connectivity index (χ0v) is 11.8. The molecule has 3 nitrogen and oxygen atoms in total. The first-order chi connectivity index (χ1) is 8.42. The molecule has 0 aliphatic carbocycles. The van der Waals surface area contributed by atoms with Crippen LogP contribution in [0.2, 0.25) is 0 Å². The second-order valence-corrected chi connectivity index (χ2v) is 5.22. The van der Waals surface area contributed by atoms with E-state index in [1.807, 2.05) is 32.9 Å². The molecule has 0 heterocycles. The molecule has 0 aromatic heterocycles. The van der Waals surface area contributed by atoms with Gasteiger partial charge in [-0.25, -0.2) is 0 Å². The summed E-state index contributed by atoms with van der Waals surface area (Å²) in [6, 6.07) is 8.22. The van der Waals surface area contributed by atoms with E-state index >= 15 is 0 Å². The summed E-state index contributed by atoms with van der Waals surface area (Å²) in [5.74, 6) is 0.0283. The molecule has 0 aliphatic rings. The van der Waals surface area contributed by atoms with Crippen molar-refractivity contribution < 1.29 is 4.79 Å². The van der Waals surface area contributed by atoms with Crippen molar-refractivity contribution in [1.29, 1.82) is 0 Å². The van der Waals surface area contributed by atoms with Crippen LogP contribution in [-0.2, 0) is 4.79 Å². The average Bonchev–Trinajstić information content (AvgIpc) is 2.38. The second-order valence-electron chi connectivity index (χ2n) is 5.22. The first kappa shape index (κ1) is 14.7. The first-order valence-corrected chi connectivity index (χ1v) is 6.50. The Labute approximate surface area is 110 Å². The van der Waals surface area contributed by atoms with Crippen molar-refractivity contribution in [1.82, 2.24) is 5.32 Å². The summed E-state index contributed by atoms with van der Waals surface area (Å²) in [5, 5.41) is 3.04. The largest absolute Gasteiger partial charge is 0.349 e. The Morgan fingerprint density at radius 3 is 2.39 bits per heavy atom. The fourth-order valence-electron chi connectivity index (χ4n) is 1.71. The van der Waals surface area contributed by atoms with Crippen molar-refractivity contribution >= 4 is 5.91 Å². The molecule has 18 heavy (non-hydrogen) atoms. The van der Waals surface area contributed by atoms with E-state index in [2.05, 4.69) is 24.4 Å². The lowest BCUT2D eigenvalue weighted by Crippen LogP contribution is -2.44. The Bertz CT molecular complexity index is 393. The Hall–Kier alpha value is -1.35. The Morgan fingerprint density at radius 2 is 1.94 bits per heavy atom. The standard InChI is InChI=1S/C15H24N2O/c1-5-15(4,10-16)14(18)17-12(3)13-8-6-11(2)7-9-13/h6-9,12H,5,10,16H2,1-4H3,(H,17,18)/t12-,15?/m0/s1. The van der Waals surface area contributed by atoms with E-state index in [4.69, 9.17) is 5.73 Å². The molecule has 1 aromatic rings. The van der Waals surface area contributed by atoms with E-state index in [9.17, 15) is 4.79 Å². The second kappa shape index (κ2) is 6.01. The predicted molar refractivity (Wildman–Crippen MR) is 75.2 cm³/mol. The van der Waals surface area contributed by atoms with Gasteiger partial charge < -0.3 is 11.1 Å². The normalized spacial score (nSPS) is 15.8. The van der Waals surface area contributed by atoms with Crippen molar-refractivity contribution in [2.45, 2.75) is 40.2 Å². The van der Waals surface area contributed by atoms with Gasteiger partial charge in [-0.1, -0.05) is 36.8 Å². The molecule has 0 bridgehead atoms. The van der Waals surface area contributed by atoms with Crippen molar-refractivity contribution in [3.05, 3.63) is 35.4 Å². The van der Waals surface area contributed by atoms with E-state index < -0.39 is 5.41 Å². The SMILES string of the molecule is CCC(C)(CN)C(=O)N[C@@H](C)c1ccc(C)cc1. The molecule has 0 saturated heterocycles. The smallest absolute Gasteiger partial charge is 0.227 e. The molecule has 3 N–H and O–H groups in total. The number of amides is 1. The van der Waals surface area contributed by atoms with Crippen LogP contribution in [0.3, 0.4) is 0 Å². The average molecular weight is 248 g/mol. The van der Waals surface area contributed by atoms with E-state index in [-0.39, 0.29) is 11.9 Å². The van der Waals surface area contributed by atoms with Gasteiger partial charge in [0.1, 0.15) is 0 Å². The molecule has 0 aliphatic heterocycles. The summed E-state index contributed by atoms with van der Waals surface area (Å²) in [6.45, 7) is 8.31. The molecule has 2 atom stereocenters. The minimum absolute atomic E-state index is 0.00975. The number of rotatable bonds is 5. The summed E-state index contributed by atoms with van der Waals surface area (Å²) in [5.41, 5.74) is 7.55. The topological polar surface area (TPSA) is 55.1 Å². The molecule has 0 saturated carbocycles. The molecule has 0 radical (unpaired) electrons.